The summed E-state index contributed by atoms with van der Waals surface area (Å²) in [5.74, 6) is -1.56. The first-order valence-electron chi connectivity index (χ1n) is 12.3. The van der Waals surface area contributed by atoms with Crippen LogP contribution < -0.4 is 5.09 Å². The number of unbranched alkanes of at least 4 members (excludes halogenated alkanes) is 14. The van der Waals surface area contributed by atoms with Crippen molar-refractivity contribution >= 4 is 13.7 Å². The molecule has 0 heterocycles. The van der Waals surface area contributed by atoms with Gasteiger partial charge in [0, 0.05) is 19.4 Å². The highest BCUT2D eigenvalue weighted by Crippen LogP contribution is 2.25. The van der Waals surface area contributed by atoms with Gasteiger partial charge in [-0.1, -0.05) is 96.8 Å². The molecule has 0 aromatic carbocycles. The van der Waals surface area contributed by atoms with Crippen LogP contribution in [0.4, 0.5) is 0 Å². The van der Waals surface area contributed by atoms with Gasteiger partial charge in [0.15, 0.2) is 7.95 Å². The Morgan fingerprint density at radius 3 is 1.67 bits per heavy atom. The molecule has 0 aliphatic carbocycles. The van der Waals surface area contributed by atoms with Crippen molar-refractivity contribution in [3.8, 4) is 0 Å². The van der Waals surface area contributed by atoms with Crippen LogP contribution in [0.25, 0.3) is 0 Å². The van der Waals surface area contributed by atoms with Crippen LogP contribution in [0.3, 0.4) is 0 Å². The third-order valence-corrected chi connectivity index (χ3v) is 7.06. The molecule has 30 heavy (non-hydrogen) atoms. The molecule has 0 radical (unpaired) electrons. The number of ketones is 1. The van der Waals surface area contributed by atoms with Gasteiger partial charge in [-0.3, -0.25) is 9.88 Å². The van der Waals surface area contributed by atoms with Crippen molar-refractivity contribution < 1.29 is 24.7 Å². The van der Waals surface area contributed by atoms with E-state index in [0.717, 1.165) is 19.3 Å². The molecule has 0 aromatic rings. The molecule has 0 fully saturated rings. The van der Waals surface area contributed by atoms with Crippen LogP contribution in [0.2, 0.25) is 0 Å². The van der Waals surface area contributed by atoms with Crippen LogP contribution in [-0.2, 0) is 9.36 Å². The van der Waals surface area contributed by atoms with Crippen molar-refractivity contribution in [3.05, 3.63) is 0 Å². The minimum absolute atomic E-state index is 0.0919. The Hall–Kier alpha value is -0.260. The summed E-state index contributed by atoms with van der Waals surface area (Å²) in [6, 6.07) is 0. The van der Waals surface area contributed by atoms with Crippen molar-refractivity contribution in [1.29, 1.82) is 0 Å². The average Bonchev–Trinajstić information content (AvgIpc) is 2.74. The lowest BCUT2D eigenvalue weighted by atomic mass is 10.0. The Balaban J connectivity index is 3.45. The van der Waals surface area contributed by atoms with Crippen molar-refractivity contribution in [2.45, 2.75) is 128 Å². The molecular weight excluding hydrogens is 401 g/mol. The second-order valence-electron chi connectivity index (χ2n) is 8.47. The smallest absolute Gasteiger partial charge is 0.166 e. The van der Waals surface area contributed by atoms with Crippen LogP contribution in [-0.4, -0.2) is 46.2 Å². The van der Waals surface area contributed by atoms with Gasteiger partial charge in [0.05, 0.1) is 12.7 Å². The molecule has 0 saturated heterocycles. The van der Waals surface area contributed by atoms with Gasteiger partial charge in [0.2, 0.25) is 0 Å². The van der Waals surface area contributed by atoms with E-state index in [1.807, 2.05) is 0 Å². The monoisotopic (exact) mass is 449 g/mol. The third kappa shape index (κ3) is 18.5. The highest BCUT2D eigenvalue weighted by molar-refractivity contribution is 7.43. The summed E-state index contributed by atoms with van der Waals surface area (Å²) >= 11 is 0. The first kappa shape index (κ1) is 29.7. The predicted molar refractivity (Wildman–Crippen MR) is 125 cm³/mol. The fourth-order valence-electron chi connectivity index (χ4n) is 3.60. The van der Waals surface area contributed by atoms with Crippen LogP contribution in [0, 0.1) is 0 Å². The van der Waals surface area contributed by atoms with E-state index in [2.05, 4.69) is 12.0 Å². The van der Waals surface area contributed by atoms with Crippen molar-refractivity contribution in [3.63, 3.8) is 0 Å². The fraction of sp³-hybridized carbons (Fsp3) is 0.957. The third-order valence-electron chi connectivity index (χ3n) is 5.54. The van der Waals surface area contributed by atoms with Gasteiger partial charge >= 0.3 is 0 Å². The van der Waals surface area contributed by atoms with Crippen molar-refractivity contribution in [1.82, 2.24) is 5.09 Å². The fourth-order valence-corrected chi connectivity index (χ4v) is 4.63. The summed E-state index contributed by atoms with van der Waals surface area (Å²) in [7, 11) is -2.63. The maximum absolute atomic E-state index is 11.9. The lowest BCUT2D eigenvalue weighted by Gasteiger charge is -2.17. The van der Waals surface area contributed by atoms with Gasteiger partial charge in [-0.2, -0.15) is 0 Å². The van der Waals surface area contributed by atoms with Gasteiger partial charge < -0.3 is 19.9 Å². The van der Waals surface area contributed by atoms with Gasteiger partial charge in [0.25, 0.3) is 0 Å². The lowest BCUT2D eigenvalue weighted by molar-refractivity contribution is -0.122. The van der Waals surface area contributed by atoms with Crippen molar-refractivity contribution in [2.75, 3.05) is 13.2 Å². The number of hydrogen-bond acceptors (Lipinski definition) is 5. The van der Waals surface area contributed by atoms with Crippen LogP contribution in [0.5, 0.6) is 0 Å². The number of hydrogen-bond donors (Lipinski definition) is 4. The minimum Gasteiger partial charge on any atom is -0.395 e. The van der Waals surface area contributed by atoms with E-state index in [-0.39, 0.29) is 25.4 Å². The van der Waals surface area contributed by atoms with Crippen LogP contribution in [0.15, 0.2) is 0 Å². The highest BCUT2D eigenvalue weighted by atomic mass is 31.1. The Morgan fingerprint density at radius 2 is 1.23 bits per heavy atom. The molecule has 0 saturated carbocycles. The van der Waals surface area contributed by atoms with E-state index in [4.69, 9.17) is 5.11 Å². The number of aliphatic hydroxyl groups excluding tert-OH is 3. The SMILES string of the molecule is CCCCCCCCCCCCCCCCCC(=O)CC(O)C(O)[PH](=O)NCCO. The Labute approximate surface area is 185 Å². The summed E-state index contributed by atoms with van der Waals surface area (Å²) in [5, 5.41) is 30.7. The molecule has 0 aromatic heterocycles. The second kappa shape index (κ2) is 22.0. The van der Waals surface area contributed by atoms with E-state index in [1.54, 1.807) is 0 Å². The largest absolute Gasteiger partial charge is 0.395 e. The molecule has 0 rings (SSSR count). The second-order valence-corrected chi connectivity index (χ2v) is 10.1. The van der Waals surface area contributed by atoms with Gasteiger partial charge in [-0.25, -0.2) is 0 Å². The van der Waals surface area contributed by atoms with Gasteiger partial charge in [0.1, 0.15) is 11.6 Å². The first-order valence-corrected chi connectivity index (χ1v) is 13.8. The molecular formula is C23H48NO5P. The molecule has 0 amide bonds. The molecule has 180 valence electrons. The summed E-state index contributed by atoms with van der Waals surface area (Å²) in [5.41, 5.74) is 0. The lowest BCUT2D eigenvalue weighted by Crippen LogP contribution is -2.29. The average molecular weight is 450 g/mol. The molecule has 0 spiro atoms. The maximum atomic E-state index is 11.9. The molecule has 6 nitrogen and oxygen atoms in total. The summed E-state index contributed by atoms with van der Waals surface area (Å²) in [4.78, 5) is 11.9. The van der Waals surface area contributed by atoms with E-state index in [1.165, 1.54) is 77.0 Å². The number of carbonyl (C=O) groups is 1. The van der Waals surface area contributed by atoms with E-state index >= 15 is 0 Å². The number of nitrogens with one attached hydrogen (secondary N) is 1. The van der Waals surface area contributed by atoms with Crippen LogP contribution in [0.1, 0.15) is 116 Å². The molecule has 7 heteroatoms. The Kier molecular flexibility index (Phi) is 21.8. The molecule has 3 atom stereocenters. The topological polar surface area (TPSA) is 107 Å². The number of carbonyl (C=O) groups excluding carboxylic acids is 1. The molecule has 0 aliphatic rings. The van der Waals surface area contributed by atoms with E-state index < -0.39 is 19.9 Å². The normalized spacial score (nSPS) is 14.5. The van der Waals surface area contributed by atoms with Crippen molar-refractivity contribution in [2.24, 2.45) is 0 Å². The molecule has 0 aliphatic heterocycles. The number of rotatable bonds is 23. The zero-order valence-electron chi connectivity index (χ0n) is 19.2. The van der Waals surface area contributed by atoms with Gasteiger partial charge in [-0.05, 0) is 6.42 Å². The number of Topliss-reactive ketones (excluding diaryl/α,β-unsaturated/α-hetero) is 1. The zero-order valence-corrected chi connectivity index (χ0v) is 20.2. The van der Waals surface area contributed by atoms with E-state index in [9.17, 15) is 19.6 Å². The summed E-state index contributed by atoms with van der Waals surface area (Å²) in [6.45, 7) is 2.15. The minimum atomic E-state index is -2.63. The van der Waals surface area contributed by atoms with E-state index in [0.29, 0.717) is 6.42 Å². The highest BCUT2D eigenvalue weighted by Gasteiger charge is 2.24. The standard InChI is InChI=1S/C23H48NO5P/c1-2-3-4-5-6-7-8-9-10-11-12-13-14-15-16-17-21(26)20-22(27)23(28)30(29)24-18-19-25/h22-23,25,27-28,30H,2-20H2,1H3,(H,24,29). The summed E-state index contributed by atoms with van der Waals surface area (Å²) in [6.07, 6.45) is 18.0. The Bertz CT molecular complexity index is 422. The summed E-state index contributed by atoms with van der Waals surface area (Å²) < 4.78 is 11.7. The molecule has 0 bridgehead atoms. The van der Waals surface area contributed by atoms with Gasteiger partial charge in [-0.15, -0.1) is 0 Å². The quantitative estimate of drug-likeness (QED) is 0.130. The molecule has 3 unspecified atom stereocenters. The Morgan fingerprint density at radius 1 is 0.800 bits per heavy atom. The van der Waals surface area contributed by atoms with Crippen LogP contribution >= 0.6 is 7.95 Å². The zero-order chi connectivity index (χ0) is 22.5. The first-order chi connectivity index (χ1) is 14.5. The molecule has 4 N–H and O–H groups in total. The number of aliphatic hydroxyl groups is 3. The maximum Gasteiger partial charge on any atom is 0.166 e. The predicted octanol–water partition coefficient (Wildman–Crippen LogP) is 4.94.